The Balaban J connectivity index is 1.53. The van der Waals surface area contributed by atoms with E-state index in [-0.39, 0.29) is 11.7 Å². The number of thiophene rings is 1. The summed E-state index contributed by atoms with van der Waals surface area (Å²) >= 11 is 2.86. The Morgan fingerprint density at radius 1 is 1.23 bits per heavy atom. The lowest BCUT2D eigenvalue weighted by molar-refractivity contribution is -0.113. The van der Waals surface area contributed by atoms with Crippen LogP contribution in [-0.2, 0) is 11.3 Å². The summed E-state index contributed by atoms with van der Waals surface area (Å²) in [5.41, 5.74) is 10.1. The maximum atomic E-state index is 12.5. The van der Waals surface area contributed by atoms with Crippen LogP contribution in [0.3, 0.4) is 0 Å². The Kier molecular flexibility index (Phi) is 5.74. The van der Waals surface area contributed by atoms with Gasteiger partial charge >= 0.3 is 0 Å². The van der Waals surface area contributed by atoms with Crippen LogP contribution in [0, 0.1) is 13.8 Å². The topological polar surface area (TPSA) is 98.7 Å². The fourth-order valence-corrected chi connectivity index (χ4v) is 5.03. The van der Waals surface area contributed by atoms with Gasteiger partial charge in [0.15, 0.2) is 11.0 Å². The highest BCUT2D eigenvalue weighted by molar-refractivity contribution is 7.99. The van der Waals surface area contributed by atoms with E-state index < -0.39 is 0 Å². The number of fused-ring (bicyclic) bond motifs is 1. The van der Waals surface area contributed by atoms with Crippen LogP contribution < -0.4 is 11.1 Å². The maximum absolute atomic E-state index is 12.5. The number of carbonyl (C=O) groups is 1. The van der Waals surface area contributed by atoms with Gasteiger partial charge in [-0.05, 0) is 50.1 Å². The van der Waals surface area contributed by atoms with Crippen molar-refractivity contribution in [3.63, 3.8) is 0 Å². The normalized spacial score (nSPS) is 11.2. The molecule has 0 aliphatic rings. The lowest BCUT2D eigenvalue weighted by Crippen LogP contribution is -2.15. The van der Waals surface area contributed by atoms with Gasteiger partial charge in [0.25, 0.3) is 0 Å². The van der Waals surface area contributed by atoms with Crippen molar-refractivity contribution >= 4 is 50.6 Å². The number of anilines is 2. The second kappa shape index (κ2) is 8.45. The van der Waals surface area contributed by atoms with E-state index >= 15 is 0 Å². The van der Waals surface area contributed by atoms with E-state index in [0.29, 0.717) is 23.2 Å². The summed E-state index contributed by atoms with van der Waals surface area (Å²) in [5.74, 6) is 0.872. The summed E-state index contributed by atoms with van der Waals surface area (Å²) in [4.78, 5) is 18.6. The Bertz CT molecular complexity index is 1230. The number of rotatable bonds is 6. The van der Waals surface area contributed by atoms with E-state index in [1.165, 1.54) is 23.1 Å². The van der Waals surface area contributed by atoms with Gasteiger partial charge in [-0.1, -0.05) is 23.9 Å². The molecule has 0 fully saturated rings. The molecular weight excluding hydrogens is 416 g/mol. The van der Waals surface area contributed by atoms with Crippen molar-refractivity contribution in [1.82, 2.24) is 19.7 Å². The fraction of sp³-hybridized carbons (Fsp3) is 0.238. The Morgan fingerprint density at radius 2 is 2.07 bits per heavy atom. The molecule has 0 unspecified atom stereocenters. The maximum Gasteiger partial charge on any atom is 0.234 e. The second-order valence-corrected chi connectivity index (χ2v) is 8.78. The zero-order valence-corrected chi connectivity index (χ0v) is 18.6. The van der Waals surface area contributed by atoms with Gasteiger partial charge in [0.2, 0.25) is 5.91 Å². The first-order valence-electron chi connectivity index (χ1n) is 9.55. The first-order valence-corrected chi connectivity index (χ1v) is 11.3. The monoisotopic (exact) mass is 438 g/mol. The molecule has 0 atom stereocenters. The molecule has 0 aliphatic heterocycles. The van der Waals surface area contributed by atoms with E-state index in [1.807, 2.05) is 55.7 Å². The number of nitrogen functional groups attached to an aromatic ring is 1. The second-order valence-electron chi connectivity index (χ2n) is 6.84. The highest BCUT2D eigenvalue weighted by Crippen LogP contribution is 2.39. The van der Waals surface area contributed by atoms with Crippen LogP contribution in [-0.4, -0.2) is 31.4 Å². The molecule has 0 spiro atoms. The van der Waals surface area contributed by atoms with Gasteiger partial charge in [-0.3, -0.25) is 4.79 Å². The van der Waals surface area contributed by atoms with Crippen molar-refractivity contribution in [2.24, 2.45) is 0 Å². The Morgan fingerprint density at radius 3 is 2.83 bits per heavy atom. The van der Waals surface area contributed by atoms with Gasteiger partial charge in [-0.15, -0.1) is 21.5 Å². The number of carbonyl (C=O) groups excluding carboxylic acids is 1. The number of pyridine rings is 1. The molecule has 4 rings (SSSR count). The predicted molar refractivity (Wildman–Crippen MR) is 124 cm³/mol. The van der Waals surface area contributed by atoms with E-state index in [9.17, 15) is 4.79 Å². The van der Waals surface area contributed by atoms with E-state index in [4.69, 9.17) is 5.73 Å². The quantitative estimate of drug-likeness (QED) is 0.430. The molecule has 4 aromatic rings. The van der Waals surface area contributed by atoms with Crippen LogP contribution in [0.1, 0.15) is 18.1 Å². The standard InChI is InChI=1S/C21H22N6OS2/c1-4-27-19(18-17(22)14-8-6-10-23-20(14)30-18)25-26-21(27)29-11-16(28)24-15-9-5-7-12(2)13(15)3/h5-10H,4,11,22H2,1-3H3,(H,24,28). The average molecular weight is 439 g/mol. The van der Waals surface area contributed by atoms with Crippen molar-refractivity contribution in [3.8, 4) is 10.7 Å². The summed E-state index contributed by atoms with van der Waals surface area (Å²) in [6.07, 6.45) is 1.75. The molecule has 1 aromatic carbocycles. The van der Waals surface area contributed by atoms with Crippen molar-refractivity contribution in [1.29, 1.82) is 0 Å². The number of nitrogens with one attached hydrogen (secondary N) is 1. The van der Waals surface area contributed by atoms with Crippen LogP contribution in [0.15, 0.2) is 41.7 Å². The highest BCUT2D eigenvalue weighted by Gasteiger charge is 2.20. The third kappa shape index (κ3) is 3.78. The molecule has 154 valence electrons. The fourth-order valence-electron chi connectivity index (χ4n) is 3.17. The Hall–Kier alpha value is -2.91. The lowest BCUT2D eigenvalue weighted by atomic mass is 10.1. The third-order valence-electron chi connectivity index (χ3n) is 4.95. The van der Waals surface area contributed by atoms with Crippen LogP contribution in [0.2, 0.25) is 0 Å². The molecule has 0 radical (unpaired) electrons. The summed E-state index contributed by atoms with van der Waals surface area (Å²) < 4.78 is 1.98. The van der Waals surface area contributed by atoms with Gasteiger partial charge < -0.3 is 15.6 Å². The van der Waals surface area contributed by atoms with Crippen LogP contribution >= 0.6 is 23.1 Å². The number of nitrogens with two attached hydrogens (primary N) is 1. The minimum absolute atomic E-state index is 0.0773. The number of hydrogen-bond donors (Lipinski definition) is 2. The van der Waals surface area contributed by atoms with Crippen molar-refractivity contribution in [2.75, 3.05) is 16.8 Å². The number of nitrogens with zero attached hydrogens (tertiary/aromatic N) is 4. The van der Waals surface area contributed by atoms with Crippen molar-refractivity contribution in [3.05, 3.63) is 47.7 Å². The SMILES string of the molecule is CCn1c(SCC(=O)Nc2cccc(C)c2C)nnc1-c1sc2ncccc2c1N. The first-order chi connectivity index (χ1) is 14.5. The molecule has 3 heterocycles. The number of hydrogen-bond acceptors (Lipinski definition) is 7. The van der Waals surface area contributed by atoms with Gasteiger partial charge in [0, 0.05) is 23.8 Å². The van der Waals surface area contributed by atoms with E-state index in [0.717, 1.165) is 31.9 Å². The van der Waals surface area contributed by atoms with E-state index in [2.05, 4.69) is 20.5 Å². The van der Waals surface area contributed by atoms with Crippen molar-refractivity contribution < 1.29 is 4.79 Å². The van der Waals surface area contributed by atoms with Gasteiger partial charge in [-0.25, -0.2) is 4.98 Å². The molecule has 9 heteroatoms. The van der Waals surface area contributed by atoms with E-state index in [1.54, 1.807) is 6.20 Å². The number of thioether (sulfide) groups is 1. The summed E-state index contributed by atoms with van der Waals surface area (Å²) in [6, 6.07) is 9.71. The van der Waals surface area contributed by atoms with Crippen molar-refractivity contribution in [2.45, 2.75) is 32.5 Å². The summed E-state index contributed by atoms with van der Waals surface area (Å²) in [6.45, 7) is 6.72. The molecule has 1 amide bonds. The largest absolute Gasteiger partial charge is 0.397 e. The number of aryl methyl sites for hydroxylation is 1. The summed E-state index contributed by atoms with van der Waals surface area (Å²) in [5, 5.41) is 13.3. The molecule has 7 nitrogen and oxygen atoms in total. The number of benzene rings is 1. The molecule has 3 aromatic heterocycles. The van der Waals surface area contributed by atoms with Gasteiger partial charge in [0.05, 0.1) is 16.3 Å². The molecule has 0 saturated carbocycles. The number of aromatic nitrogens is 4. The minimum atomic E-state index is -0.0773. The summed E-state index contributed by atoms with van der Waals surface area (Å²) in [7, 11) is 0. The molecule has 0 aliphatic carbocycles. The average Bonchev–Trinajstić information content (AvgIpc) is 3.30. The minimum Gasteiger partial charge on any atom is -0.397 e. The first kappa shape index (κ1) is 20.4. The van der Waals surface area contributed by atoms with Gasteiger partial charge in [0.1, 0.15) is 4.83 Å². The van der Waals surface area contributed by atoms with Crippen LogP contribution in [0.5, 0.6) is 0 Å². The van der Waals surface area contributed by atoms with Crippen LogP contribution in [0.4, 0.5) is 11.4 Å². The molecule has 30 heavy (non-hydrogen) atoms. The molecular formula is C21H22N6OS2. The Labute approximate surface area is 182 Å². The smallest absolute Gasteiger partial charge is 0.234 e. The predicted octanol–water partition coefficient (Wildman–Crippen LogP) is 4.50. The molecule has 0 saturated heterocycles. The molecule has 3 N–H and O–H groups in total. The zero-order chi connectivity index (χ0) is 21.3. The zero-order valence-electron chi connectivity index (χ0n) is 17.0. The number of amides is 1. The third-order valence-corrected chi connectivity index (χ3v) is 7.04. The highest BCUT2D eigenvalue weighted by atomic mass is 32.2. The van der Waals surface area contributed by atoms with Gasteiger partial charge in [-0.2, -0.15) is 0 Å². The molecule has 0 bridgehead atoms. The van der Waals surface area contributed by atoms with Crippen LogP contribution in [0.25, 0.3) is 20.9 Å². The lowest BCUT2D eigenvalue weighted by Gasteiger charge is -2.10.